The molecule has 0 unspecified atom stereocenters. The van der Waals surface area contributed by atoms with E-state index >= 15 is 0 Å². The highest BCUT2D eigenvalue weighted by Gasteiger charge is 2.12. The molecule has 0 heterocycles. The molecule has 0 radical (unpaired) electrons. The summed E-state index contributed by atoms with van der Waals surface area (Å²) >= 11 is 0. The normalized spacial score (nSPS) is 10.0. The number of halogens is 2. The van der Waals surface area contributed by atoms with Gasteiger partial charge in [-0.3, -0.25) is 9.59 Å². The van der Waals surface area contributed by atoms with Crippen LogP contribution in [0.5, 0.6) is 0 Å². The Labute approximate surface area is 131 Å². The highest BCUT2D eigenvalue weighted by atomic mass is 19.1. The number of carbonyl (C=O) groups is 2. The van der Waals surface area contributed by atoms with E-state index in [1.54, 1.807) is 12.1 Å². The van der Waals surface area contributed by atoms with Crippen LogP contribution in [-0.2, 0) is 0 Å². The van der Waals surface area contributed by atoms with Crippen molar-refractivity contribution in [2.75, 3.05) is 11.9 Å². The van der Waals surface area contributed by atoms with Crippen LogP contribution < -0.4 is 10.6 Å². The molecule has 0 saturated heterocycles. The van der Waals surface area contributed by atoms with Crippen molar-refractivity contribution < 1.29 is 18.4 Å². The molecular weight excluding hydrogens is 302 g/mol. The van der Waals surface area contributed by atoms with Gasteiger partial charge in [0.15, 0.2) is 0 Å². The van der Waals surface area contributed by atoms with E-state index in [4.69, 9.17) is 0 Å². The van der Waals surface area contributed by atoms with Gasteiger partial charge in [0.2, 0.25) is 0 Å². The third-order valence-corrected chi connectivity index (χ3v) is 2.97. The minimum atomic E-state index is -0.877. The minimum absolute atomic E-state index is 0.141. The van der Waals surface area contributed by atoms with Crippen molar-refractivity contribution in [1.82, 2.24) is 5.32 Å². The number of nitrogens with one attached hydrogen (secondary N) is 2. The third-order valence-electron chi connectivity index (χ3n) is 2.97. The van der Waals surface area contributed by atoms with Gasteiger partial charge in [0, 0.05) is 23.7 Å². The van der Waals surface area contributed by atoms with Gasteiger partial charge in [-0.25, -0.2) is 8.78 Å². The fourth-order valence-electron chi connectivity index (χ4n) is 1.85. The second-order valence-electron chi connectivity index (χ2n) is 4.66. The summed E-state index contributed by atoms with van der Waals surface area (Å²) in [4.78, 5) is 24.0. The standard InChI is InChI=1S/C17H14F2N2O2/c1-2-8-20-16(22)11-4-3-5-12(9-11)17(23)21-15-7-6-13(18)10-14(15)19/h2-7,9-10H,1,8H2,(H,20,22)(H,21,23). The van der Waals surface area contributed by atoms with E-state index in [0.29, 0.717) is 18.2 Å². The number of benzene rings is 2. The molecule has 0 atom stereocenters. The van der Waals surface area contributed by atoms with Crippen LogP contribution in [0.2, 0.25) is 0 Å². The summed E-state index contributed by atoms with van der Waals surface area (Å²) in [5, 5.41) is 4.92. The molecule has 0 aliphatic heterocycles. The molecule has 0 aliphatic carbocycles. The first-order valence-corrected chi connectivity index (χ1v) is 6.77. The molecule has 0 aliphatic rings. The molecule has 23 heavy (non-hydrogen) atoms. The first-order valence-electron chi connectivity index (χ1n) is 6.77. The summed E-state index contributed by atoms with van der Waals surface area (Å²) < 4.78 is 26.4. The lowest BCUT2D eigenvalue weighted by Crippen LogP contribution is -2.23. The summed E-state index contributed by atoms with van der Waals surface area (Å²) in [5.74, 6) is -2.57. The topological polar surface area (TPSA) is 58.2 Å². The van der Waals surface area contributed by atoms with Crippen molar-refractivity contribution in [3.8, 4) is 0 Å². The molecule has 2 N–H and O–H groups in total. The number of rotatable bonds is 5. The average molecular weight is 316 g/mol. The van der Waals surface area contributed by atoms with Crippen LogP contribution in [0.15, 0.2) is 55.1 Å². The number of anilines is 1. The van der Waals surface area contributed by atoms with Crippen LogP contribution in [0.25, 0.3) is 0 Å². The van der Waals surface area contributed by atoms with Crippen LogP contribution in [0.3, 0.4) is 0 Å². The highest BCUT2D eigenvalue weighted by molar-refractivity contribution is 6.06. The van der Waals surface area contributed by atoms with Gasteiger partial charge in [0.25, 0.3) is 11.8 Å². The molecule has 0 spiro atoms. The smallest absolute Gasteiger partial charge is 0.255 e. The molecule has 118 valence electrons. The van der Waals surface area contributed by atoms with Crippen molar-refractivity contribution in [2.24, 2.45) is 0 Å². The number of hydrogen-bond acceptors (Lipinski definition) is 2. The summed E-state index contributed by atoms with van der Waals surface area (Å²) in [7, 11) is 0. The average Bonchev–Trinajstić information content (AvgIpc) is 2.55. The lowest BCUT2D eigenvalue weighted by Gasteiger charge is -2.08. The molecule has 4 nitrogen and oxygen atoms in total. The van der Waals surface area contributed by atoms with Crippen molar-refractivity contribution in [3.05, 3.63) is 77.9 Å². The highest BCUT2D eigenvalue weighted by Crippen LogP contribution is 2.16. The molecule has 0 saturated carbocycles. The van der Waals surface area contributed by atoms with E-state index in [1.807, 2.05) is 0 Å². The maximum absolute atomic E-state index is 13.5. The Morgan fingerprint density at radius 1 is 1.04 bits per heavy atom. The Morgan fingerprint density at radius 2 is 1.74 bits per heavy atom. The summed E-state index contributed by atoms with van der Waals surface area (Å²) in [6.45, 7) is 3.79. The first-order chi connectivity index (χ1) is 11.0. The van der Waals surface area contributed by atoms with Crippen molar-refractivity contribution in [3.63, 3.8) is 0 Å². The van der Waals surface area contributed by atoms with E-state index < -0.39 is 17.5 Å². The van der Waals surface area contributed by atoms with Gasteiger partial charge in [-0.1, -0.05) is 12.1 Å². The first kappa shape index (κ1) is 16.4. The molecule has 0 bridgehead atoms. The summed E-state index contributed by atoms with van der Waals surface area (Å²) in [6.07, 6.45) is 1.53. The largest absolute Gasteiger partial charge is 0.349 e. The van der Waals surface area contributed by atoms with E-state index in [2.05, 4.69) is 17.2 Å². The van der Waals surface area contributed by atoms with Crippen molar-refractivity contribution in [2.45, 2.75) is 0 Å². The molecular formula is C17H14F2N2O2. The Morgan fingerprint density at radius 3 is 2.39 bits per heavy atom. The van der Waals surface area contributed by atoms with Gasteiger partial charge in [0.1, 0.15) is 11.6 Å². The van der Waals surface area contributed by atoms with E-state index in [-0.39, 0.29) is 17.2 Å². The van der Waals surface area contributed by atoms with Gasteiger partial charge in [-0.2, -0.15) is 0 Å². The lowest BCUT2D eigenvalue weighted by atomic mass is 10.1. The number of hydrogen-bond donors (Lipinski definition) is 2. The SMILES string of the molecule is C=CCNC(=O)c1cccc(C(=O)Nc2ccc(F)cc2F)c1. The molecule has 0 aromatic heterocycles. The van der Waals surface area contributed by atoms with Gasteiger partial charge < -0.3 is 10.6 Å². The van der Waals surface area contributed by atoms with Gasteiger partial charge in [0.05, 0.1) is 5.69 Å². The van der Waals surface area contributed by atoms with Crippen molar-refractivity contribution >= 4 is 17.5 Å². The zero-order valence-electron chi connectivity index (χ0n) is 12.1. The fraction of sp³-hybridized carbons (Fsp3) is 0.0588. The van der Waals surface area contributed by atoms with Crippen LogP contribution in [-0.4, -0.2) is 18.4 Å². The Balaban J connectivity index is 2.16. The van der Waals surface area contributed by atoms with Gasteiger partial charge >= 0.3 is 0 Å². The Bertz CT molecular complexity index is 760. The fourth-order valence-corrected chi connectivity index (χ4v) is 1.85. The Hall–Kier alpha value is -3.02. The van der Waals surface area contributed by atoms with Gasteiger partial charge in [-0.15, -0.1) is 6.58 Å². The second kappa shape index (κ2) is 7.31. The zero-order valence-corrected chi connectivity index (χ0v) is 12.1. The molecule has 2 aromatic carbocycles. The van der Waals surface area contributed by atoms with Crippen LogP contribution in [0, 0.1) is 11.6 Å². The molecule has 2 amide bonds. The number of amides is 2. The van der Waals surface area contributed by atoms with Crippen LogP contribution in [0.4, 0.5) is 14.5 Å². The van der Waals surface area contributed by atoms with Crippen LogP contribution in [0.1, 0.15) is 20.7 Å². The second-order valence-corrected chi connectivity index (χ2v) is 4.66. The molecule has 2 aromatic rings. The van der Waals surface area contributed by atoms with Crippen LogP contribution >= 0.6 is 0 Å². The predicted molar refractivity (Wildman–Crippen MR) is 83.3 cm³/mol. The molecule has 2 rings (SSSR count). The van der Waals surface area contributed by atoms with Gasteiger partial charge in [-0.05, 0) is 30.3 Å². The maximum atomic E-state index is 13.5. The monoisotopic (exact) mass is 316 g/mol. The van der Waals surface area contributed by atoms with E-state index in [0.717, 1.165) is 12.1 Å². The minimum Gasteiger partial charge on any atom is -0.349 e. The maximum Gasteiger partial charge on any atom is 0.255 e. The van der Waals surface area contributed by atoms with E-state index in [9.17, 15) is 18.4 Å². The number of carbonyl (C=O) groups excluding carboxylic acids is 2. The zero-order chi connectivity index (χ0) is 16.8. The Kier molecular flexibility index (Phi) is 5.19. The summed E-state index contributed by atoms with van der Waals surface area (Å²) in [5.41, 5.74) is 0.331. The quantitative estimate of drug-likeness (QED) is 0.833. The third kappa shape index (κ3) is 4.23. The van der Waals surface area contributed by atoms with Crippen molar-refractivity contribution in [1.29, 1.82) is 0 Å². The summed E-state index contributed by atoms with van der Waals surface area (Å²) in [6, 6.07) is 8.80. The molecule has 6 heteroatoms. The molecule has 0 fully saturated rings. The predicted octanol–water partition coefficient (Wildman–Crippen LogP) is 3.13. The van der Waals surface area contributed by atoms with E-state index in [1.165, 1.54) is 18.2 Å². The lowest BCUT2D eigenvalue weighted by molar-refractivity contribution is 0.0958.